The van der Waals surface area contributed by atoms with Crippen LogP contribution in [0.2, 0.25) is 5.02 Å². The van der Waals surface area contributed by atoms with Gasteiger partial charge in [0, 0.05) is 18.1 Å². The molecule has 1 aliphatic rings. The summed E-state index contributed by atoms with van der Waals surface area (Å²) in [5, 5.41) is 25.9. The van der Waals surface area contributed by atoms with E-state index in [2.05, 4.69) is 10.4 Å². The van der Waals surface area contributed by atoms with Crippen LogP contribution >= 0.6 is 11.6 Å². The van der Waals surface area contributed by atoms with E-state index in [4.69, 9.17) is 11.6 Å². The van der Waals surface area contributed by atoms with Gasteiger partial charge in [-0.25, -0.2) is 0 Å². The molecule has 8 nitrogen and oxygen atoms in total. The predicted molar refractivity (Wildman–Crippen MR) is 92.3 cm³/mol. The number of nitro benzene ring substituents is 1. The molecule has 1 saturated carbocycles. The summed E-state index contributed by atoms with van der Waals surface area (Å²) in [4.78, 5) is 22.7. The molecule has 0 aliphatic heterocycles. The van der Waals surface area contributed by atoms with Crippen molar-refractivity contribution < 1.29 is 28.0 Å². The lowest BCUT2D eigenvalue weighted by atomic mass is 10.2. The van der Waals surface area contributed by atoms with Gasteiger partial charge in [-0.3, -0.25) is 19.6 Å². The maximum Gasteiger partial charge on any atom is 0.436 e. The summed E-state index contributed by atoms with van der Waals surface area (Å²) in [6, 6.07) is 1.81. The molecule has 2 aromatic rings. The Hall–Kier alpha value is -2.82. The molecule has 2 N–H and O–H groups in total. The lowest BCUT2D eigenvalue weighted by Gasteiger charge is -2.16. The zero-order chi connectivity index (χ0) is 20.8. The van der Waals surface area contributed by atoms with Gasteiger partial charge in [-0.05, 0) is 25.8 Å². The van der Waals surface area contributed by atoms with Gasteiger partial charge < -0.3 is 10.4 Å². The van der Waals surface area contributed by atoms with E-state index in [1.807, 2.05) is 0 Å². The predicted octanol–water partition coefficient (Wildman–Crippen LogP) is 4.25. The number of alkyl halides is 3. The average Bonchev–Trinajstić information content (AvgIpc) is 3.37. The van der Waals surface area contributed by atoms with Crippen molar-refractivity contribution in [2.24, 2.45) is 0 Å². The Labute approximate surface area is 161 Å². The molecule has 3 rings (SSSR count). The molecule has 1 heterocycles. The number of aromatic nitrogens is 2. The fourth-order valence-corrected chi connectivity index (χ4v) is 3.10. The van der Waals surface area contributed by atoms with Gasteiger partial charge in [0.2, 0.25) is 5.91 Å². The molecule has 1 atom stereocenters. The van der Waals surface area contributed by atoms with Crippen molar-refractivity contribution in [2.45, 2.75) is 37.9 Å². The molecule has 1 aromatic carbocycles. The molecular weight excluding hydrogens is 405 g/mol. The van der Waals surface area contributed by atoms with E-state index < -0.39 is 39.5 Å². The van der Waals surface area contributed by atoms with Gasteiger partial charge in [0.05, 0.1) is 21.3 Å². The number of nitrogens with zero attached hydrogens (tertiary/aromatic N) is 3. The molecule has 0 spiro atoms. The third-order valence-electron chi connectivity index (χ3n) is 4.32. The molecule has 1 aromatic heterocycles. The summed E-state index contributed by atoms with van der Waals surface area (Å²) in [6.07, 6.45) is -3.52. The summed E-state index contributed by atoms with van der Waals surface area (Å²) in [5.74, 6) is -1.47. The highest BCUT2D eigenvalue weighted by atomic mass is 35.5. The fraction of sp³-hybridized carbons (Fsp3) is 0.375. The summed E-state index contributed by atoms with van der Waals surface area (Å²) < 4.78 is 40.4. The molecule has 1 fully saturated rings. The van der Waals surface area contributed by atoms with Crippen LogP contribution in [0.25, 0.3) is 0 Å². The van der Waals surface area contributed by atoms with Crippen molar-refractivity contribution in [3.63, 3.8) is 0 Å². The van der Waals surface area contributed by atoms with Gasteiger partial charge >= 0.3 is 6.18 Å². The lowest BCUT2D eigenvalue weighted by Crippen LogP contribution is -2.26. The summed E-state index contributed by atoms with van der Waals surface area (Å²) >= 11 is 5.89. The number of nitro groups is 1. The summed E-state index contributed by atoms with van der Waals surface area (Å²) in [6.45, 7) is 1.32. The van der Waals surface area contributed by atoms with Crippen molar-refractivity contribution in [2.75, 3.05) is 5.32 Å². The topological polar surface area (TPSA) is 110 Å². The number of phenolic OH excluding ortho intramolecular Hbond substituents is 1. The highest BCUT2D eigenvalue weighted by Crippen LogP contribution is 2.47. The number of amides is 1. The first-order chi connectivity index (χ1) is 13.0. The Morgan fingerprint density at radius 2 is 2.11 bits per heavy atom. The van der Waals surface area contributed by atoms with Crippen molar-refractivity contribution in [3.8, 4) is 5.75 Å². The molecule has 12 heteroatoms. The number of phenols is 1. The Kier molecular flexibility index (Phi) is 4.96. The van der Waals surface area contributed by atoms with Gasteiger partial charge in [-0.1, -0.05) is 11.6 Å². The van der Waals surface area contributed by atoms with Crippen molar-refractivity contribution in [3.05, 3.63) is 44.7 Å². The molecular formula is C16H14ClF3N4O4. The van der Waals surface area contributed by atoms with Crippen LogP contribution in [-0.4, -0.2) is 25.7 Å². The lowest BCUT2D eigenvalue weighted by molar-refractivity contribution is -0.384. The Bertz CT molecular complexity index is 956. The van der Waals surface area contributed by atoms with Crippen LogP contribution < -0.4 is 5.32 Å². The molecule has 1 unspecified atom stereocenters. The fourth-order valence-electron chi connectivity index (χ4n) is 2.71. The minimum Gasteiger partial charge on any atom is -0.506 e. The number of anilines is 1. The molecule has 1 aliphatic carbocycles. The maximum absolute atomic E-state index is 13.2. The van der Waals surface area contributed by atoms with Gasteiger partial charge in [-0.2, -0.15) is 18.3 Å². The van der Waals surface area contributed by atoms with E-state index in [-0.39, 0.29) is 23.0 Å². The molecule has 0 bridgehead atoms. The van der Waals surface area contributed by atoms with Crippen LogP contribution in [0.15, 0.2) is 18.2 Å². The van der Waals surface area contributed by atoms with E-state index in [0.717, 1.165) is 22.9 Å². The number of benzene rings is 1. The number of nitrogens with one attached hydrogen (secondary N) is 1. The zero-order valence-electron chi connectivity index (χ0n) is 14.3. The Morgan fingerprint density at radius 3 is 2.64 bits per heavy atom. The first kappa shape index (κ1) is 19.9. The highest BCUT2D eigenvalue weighted by molar-refractivity contribution is 6.32. The second kappa shape index (κ2) is 6.97. The number of aromatic hydroxyl groups is 1. The van der Waals surface area contributed by atoms with Crippen LogP contribution in [0.5, 0.6) is 5.75 Å². The number of hydrogen-bond donors (Lipinski definition) is 2. The number of rotatable bonds is 5. The van der Waals surface area contributed by atoms with Crippen LogP contribution in [0, 0.1) is 10.1 Å². The van der Waals surface area contributed by atoms with E-state index in [9.17, 15) is 33.2 Å². The number of carbonyl (C=O) groups is 1. The van der Waals surface area contributed by atoms with Gasteiger partial charge in [0.15, 0.2) is 5.69 Å². The Morgan fingerprint density at radius 1 is 1.46 bits per heavy atom. The Balaban J connectivity index is 1.92. The maximum atomic E-state index is 13.2. The van der Waals surface area contributed by atoms with Crippen LogP contribution in [0.1, 0.15) is 43.1 Å². The summed E-state index contributed by atoms with van der Waals surface area (Å²) in [7, 11) is 0. The number of carbonyl (C=O) groups excluding carboxylic acids is 1. The molecule has 150 valence electrons. The van der Waals surface area contributed by atoms with Crippen molar-refractivity contribution in [1.82, 2.24) is 9.78 Å². The third kappa shape index (κ3) is 3.75. The third-order valence-corrected chi connectivity index (χ3v) is 4.69. The summed E-state index contributed by atoms with van der Waals surface area (Å²) in [5.41, 5.74) is -1.76. The zero-order valence-corrected chi connectivity index (χ0v) is 15.1. The minimum absolute atomic E-state index is 0.125. The van der Waals surface area contributed by atoms with E-state index in [1.54, 1.807) is 0 Å². The normalized spacial score (nSPS) is 15.3. The van der Waals surface area contributed by atoms with Crippen molar-refractivity contribution in [1.29, 1.82) is 0 Å². The molecule has 28 heavy (non-hydrogen) atoms. The number of non-ortho nitro benzene ring substituents is 1. The van der Waals surface area contributed by atoms with Crippen LogP contribution in [0.3, 0.4) is 0 Å². The van der Waals surface area contributed by atoms with Crippen molar-refractivity contribution >= 4 is 28.9 Å². The SMILES string of the molecule is CC(C(=O)Nc1cc([N+](=O)[O-])ccc1O)n1nc(C(F)(F)F)c(Cl)c1C1CC1. The minimum atomic E-state index is -4.78. The second-order valence-electron chi connectivity index (χ2n) is 6.39. The number of halogens is 4. The van der Waals surface area contributed by atoms with Gasteiger partial charge in [0.25, 0.3) is 5.69 Å². The first-order valence-electron chi connectivity index (χ1n) is 8.14. The average molecular weight is 419 g/mol. The van der Waals surface area contributed by atoms with E-state index >= 15 is 0 Å². The largest absolute Gasteiger partial charge is 0.506 e. The molecule has 0 saturated heterocycles. The van der Waals surface area contributed by atoms with Gasteiger partial charge in [-0.15, -0.1) is 0 Å². The quantitative estimate of drug-likeness (QED) is 0.428. The molecule has 0 radical (unpaired) electrons. The highest BCUT2D eigenvalue weighted by Gasteiger charge is 2.43. The van der Waals surface area contributed by atoms with Crippen LogP contribution in [0.4, 0.5) is 24.5 Å². The van der Waals surface area contributed by atoms with E-state index in [1.165, 1.54) is 6.92 Å². The number of hydrogen-bond acceptors (Lipinski definition) is 5. The molecule has 1 amide bonds. The monoisotopic (exact) mass is 418 g/mol. The van der Waals surface area contributed by atoms with Gasteiger partial charge in [0.1, 0.15) is 11.8 Å². The smallest absolute Gasteiger partial charge is 0.436 e. The van der Waals surface area contributed by atoms with E-state index in [0.29, 0.717) is 12.8 Å². The second-order valence-corrected chi connectivity index (χ2v) is 6.77. The van der Waals surface area contributed by atoms with Crippen LogP contribution in [-0.2, 0) is 11.0 Å². The standard InChI is InChI=1S/C16H14ClF3N4O4/c1-7(15(26)21-10-6-9(24(27)28)4-5-11(10)25)23-13(8-2-3-8)12(17)14(22-23)16(18,19)20/h4-8,25H,2-3H2,1H3,(H,21,26). The first-order valence-corrected chi connectivity index (χ1v) is 8.52.